The van der Waals surface area contributed by atoms with Crippen LogP contribution in [0.2, 0.25) is 0 Å². The van der Waals surface area contributed by atoms with Gasteiger partial charge in [0.1, 0.15) is 5.60 Å². The highest BCUT2D eigenvalue weighted by atomic mass is 16.6. The molecule has 0 aliphatic carbocycles. The van der Waals surface area contributed by atoms with Crippen LogP contribution >= 0.6 is 0 Å². The molecule has 0 saturated carbocycles. The van der Waals surface area contributed by atoms with Gasteiger partial charge in [-0.1, -0.05) is 0 Å². The van der Waals surface area contributed by atoms with Gasteiger partial charge in [0.15, 0.2) is 0 Å². The lowest BCUT2D eigenvalue weighted by Crippen LogP contribution is -2.47. The number of piperidine rings is 2. The minimum atomic E-state index is -0.405. The van der Waals surface area contributed by atoms with E-state index in [1.807, 2.05) is 25.7 Å². The van der Waals surface area contributed by atoms with Crippen molar-refractivity contribution in [3.8, 4) is 0 Å². The van der Waals surface area contributed by atoms with E-state index in [0.29, 0.717) is 12.0 Å². The zero-order valence-corrected chi connectivity index (χ0v) is 13.8. The summed E-state index contributed by atoms with van der Waals surface area (Å²) in [6.45, 7) is 10.7. The summed E-state index contributed by atoms with van der Waals surface area (Å²) in [7, 11) is 0. The first-order valence-electron chi connectivity index (χ1n) is 8.36. The molecule has 5 nitrogen and oxygen atoms in total. The molecule has 2 N–H and O–H groups in total. The van der Waals surface area contributed by atoms with Gasteiger partial charge in [0.25, 0.3) is 0 Å². The highest BCUT2D eigenvalue weighted by Gasteiger charge is 2.27. The largest absolute Gasteiger partial charge is 0.444 e. The summed E-state index contributed by atoms with van der Waals surface area (Å²) in [6.07, 6.45) is 4.55. The smallest absolute Gasteiger partial charge is 0.410 e. The van der Waals surface area contributed by atoms with Crippen LogP contribution in [0.1, 0.15) is 46.5 Å². The van der Waals surface area contributed by atoms with Crippen LogP contribution < -0.4 is 10.6 Å². The van der Waals surface area contributed by atoms with Crippen molar-refractivity contribution in [2.24, 2.45) is 5.92 Å². The van der Waals surface area contributed by atoms with Gasteiger partial charge in [-0.25, -0.2) is 4.79 Å². The number of hydrogen-bond acceptors (Lipinski definition) is 4. The second-order valence-corrected chi connectivity index (χ2v) is 7.37. The van der Waals surface area contributed by atoms with Crippen molar-refractivity contribution in [1.82, 2.24) is 15.5 Å². The van der Waals surface area contributed by atoms with Gasteiger partial charge in [0.2, 0.25) is 0 Å². The van der Waals surface area contributed by atoms with Gasteiger partial charge in [-0.2, -0.15) is 0 Å². The van der Waals surface area contributed by atoms with Gasteiger partial charge in [-0.15, -0.1) is 0 Å². The lowest BCUT2D eigenvalue weighted by molar-refractivity contribution is 0.0165. The molecule has 0 bridgehead atoms. The van der Waals surface area contributed by atoms with Gasteiger partial charge in [-0.3, -0.25) is 0 Å². The fourth-order valence-electron chi connectivity index (χ4n) is 3.08. The molecule has 0 radical (unpaired) electrons. The summed E-state index contributed by atoms with van der Waals surface area (Å²) in [5.74, 6) is 0.557. The molecular weight excluding hydrogens is 266 g/mol. The van der Waals surface area contributed by atoms with E-state index in [0.717, 1.165) is 39.1 Å². The standard InChI is InChI=1S/C16H31N3O2/c1-16(2,3)21-15(20)19-10-4-5-13(12-19)11-18-14-6-8-17-9-7-14/h13-14,17-18H,4-12H2,1-3H3. The van der Waals surface area contributed by atoms with E-state index in [4.69, 9.17) is 4.74 Å². The molecule has 2 saturated heterocycles. The van der Waals surface area contributed by atoms with Crippen LogP contribution in [0.5, 0.6) is 0 Å². The number of ether oxygens (including phenoxy) is 1. The van der Waals surface area contributed by atoms with Crippen molar-refractivity contribution in [2.75, 3.05) is 32.7 Å². The molecule has 2 heterocycles. The predicted molar refractivity (Wildman–Crippen MR) is 84.4 cm³/mol. The molecule has 1 unspecified atom stereocenters. The van der Waals surface area contributed by atoms with E-state index in [2.05, 4.69) is 10.6 Å². The zero-order valence-electron chi connectivity index (χ0n) is 13.8. The maximum atomic E-state index is 12.1. The van der Waals surface area contributed by atoms with Crippen molar-refractivity contribution in [1.29, 1.82) is 0 Å². The number of amides is 1. The van der Waals surface area contributed by atoms with Crippen LogP contribution in [0.15, 0.2) is 0 Å². The molecule has 0 aromatic carbocycles. The number of hydrogen-bond donors (Lipinski definition) is 2. The second kappa shape index (κ2) is 7.45. The Balaban J connectivity index is 1.73. The van der Waals surface area contributed by atoms with Crippen LogP contribution in [-0.2, 0) is 4.74 Å². The monoisotopic (exact) mass is 297 g/mol. The zero-order chi connectivity index (χ0) is 15.3. The molecule has 1 atom stereocenters. The molecule has 21 heavy (non-hydrogen) atoms. The van der Waals surface area contributed by atoms with Gasteiger partial charge < -0.3 is 20.3 Å². The maximum absolute atomic E-state index is 12.1. The Hall–Kier alpha value is -0.810. The first-order chi connectivity index (χ1) is 9.94. The number of nitrogens with one attached hydrogen (secondary N) is 2. The van der Waals surface area contributed by atoms with E-state index in [-0.39, 0.29) is 6.09 Å². The third kappa shape index (κ3) is 5.83. The van der Waals surface area contributed by atoms with Crippen LogP contribution in [0, 0.1) is 5.92 Å². The summed E-state index contributed by atoms with van der Waals surface area (Å²) in [5, 5.41) is 7.07. The molecule has 2 rings (SSSR count). The number of nitrogens with zero attached hydrogens (tertiary/aromatic N) is 1. The Morgan fingerprint density at radius 2 is 2.00 bits per heavy atom. The SMILES string of the molecule is CC(C)(C)OC(=O)N1CCCC(CNC2CCNCC2)C1. The number of carbonyl (C=O) groups excluding carboxylic acids is 1. The van der Waals surface area contributed by atoms with Crippen molar-refractivity contribution in [3.05, 3.63) is 0 Å². The molecule has 2 aliphatic heterocycles. The van der Waals surface area contributed by atoms with Crippen molar-refractivity contribution >= 4 is 6.09 Å². The van der Waals surface area contributed by atoms with E-state index < -0.39 is 5.60 Å². The fraction of sp³-hybridized carbons (Fsp3) is 0.938. The molecule has 2 aliphatic rings. The topological polar surface area (TPSA) is 53.6 Å². The number of likely N-dealkylation sites (tertiary alicyclic amines) is 1. The summed E-state index contributed by atoms with van der Waals surface area (Å²) >= 11 is 0. The minimum absolute atomic E-state index is 0.158. The Kier molecular flexibility index (Phi) is 5.88. The molecule has 5 heteroatoms. The molecule has 0 aromatic heterocycles. The van der Waals surface area contributed by atoms with Gasteiger partial charge >= 0.3 is 6.09 Å². The van der Waals surface area contributed by atoms with E-state index in [1.165, 1.54) is 19.3 Å². The second-order valence-electron chi connectivity index (χ2n) is 7.37. The summed E-state index contributed by atoms with van der Waals surface area (Å²) in [6, 6.07) is 0.642. The Morgan fingerprint density at radius 3 is 2.67 bits per heavy atom. The van der Waals surface area contributed by atoms with Crippen molar-refractivity contribution in [2.45, 2.75) is 58.1 Å². The quantitative estimate of drug-likeness (QED) is 0.836. The number of rotatable bonds is 3. The predicted octanol–water partition coefficient (Wildman–Crippen LogP) is 1.98. The summed E-state index contributed by atoms with van der Waals surface area (Å²) in [5.41, 5.74) is -0.405. The maximum Gasteiger partial charge on any atom is 0.410 e. The molecule has 0 aromatic rings. The van der Waals surface area contributed by atoms with Gasteiger partial charge in [0, 0.05) is 19.1 Å². The molecule has 2 fully saturated rings. The highest BCUT2D eigenvalue weighted by Crippen LogP contribution is 2.19. The van der Waals surface area contributed by atoms with E-state index in [9.17, 15) is 4.79 Å². The van der Waals surface area contributed by atoms with E-state index >= 15 is 0 Å². The third-order valence-corrected chi connectivity index (χ3v) is 4.21. The van der Waals surface area contributed by atoms with Crippen LogP contribution in [0.25, 0.3) is 0 Å². The van der Waals surface area contributed by atoms with Gasteiger partial charge in [0.05, 0.1) is 0 Å². The molecule has 1 amide bonds. The lowest BCUT2D eigenvalue weighted by Gasteiger charge is -2.35. The van der Waals surface area contributed by atoms with Crippen molar-refractivity contribution < 1.29 is 9.53 Å². The van der Waals surface area contributed by atoms with E-state index in [1.54, 1.807) is 0 Å². The summed E-state index contributed by atoms with van der Waals surface area (Å²) < 4.78 is 5.48. The van der Waals surface area contributed by atoms with Crippen molar-refractivity contribution in [3.63, 3.8) is 0 Å². The average Bonchev–Trinajstić information content (AvgIpc) is 2.45. The first kappa shape index (κ1) is 16.6. The Labute approximate surface area is 128 Å². The Morgan fingerprint density at radius 1 is 1.29 bits per heavy atom. The lowest BCUT2D eigenvalue weighted by atomic mass is 9.97. The Bertz CT molecular complexity index is 335. The molecular formula is C16H31N3O2. The average molecular weight is 297 g/mol. The fourth-order valence-corrected chi connectivity index (χ4v) is 3.08. The normalized spacial score (nSPS) is 24.9. The van der Waals surface area contributed by atoms with Crippen LogP contribution in [0.3, 0.4) is 0 Å². The third-order valence-electron chi connectivity index (χ3n) is 4.21. The number of carbonyl (C=O) groups is 1. The van der Waals surface area contributed by atoms with Crippen LogP contribution in [0.4, 0.5) is 4.79 Å². The van der Waals surface area contributed by atoms with Gasteiger partial charge in [-0.05, 0) is 72.0 Å². The molecule has 0 spiro atoms. The minimum Gasteiger partial charge on any atom is -0.444 e. The highest BCUT2D eigenvalue weighted by molar-refractivity contribution is 5.68. The first-order valence-corrected chi connectivity index (χ1v) is 8.36. The van der Waals surface area contributed by atoms with Crippen LogP contribution in [-0.4, -0.2) is 55.4 Å². The summed E-state index contributed by atoms with van der Waals surface area (Å²) in [4.78, 5) is 14.0. The molecule has 122 valence electrons.